The molecule has 0 unspecified atom stereocenters. The van der Waals surface area contributed by atoms with Gasteiger partial charge in [0.15, 0.2) is 5.78 Å². The summed E-state index contributed by atoms with van der Waals surface area (Å²) in [5, 5.41) is 9.00. The van der Waals surface area contributed by atoms with Gasteiger partial charge in [0.05, 0.1) is 36.6 Å². The van der Waals surface area contributed by atoms with Crippen LogP contribution in [0.1, 0.15) is 34.1 Å². The summed E-state index contributed by atoms with van der Waals surface area (Å²) in [6.07, 6.45) is 8.33. The van der Waals surface area contributed by atoms with Crippen LogP contribution in [-0.4, -0.2) is 32.5 Å². The number of carbonyl (C=O) groups excluding carboxylic acids is 1. The summed E-state index contributed by atoms with van der Waals surface area (Å²) in [5.74, 6) is 0.689. The highest BCUT2D eigenvalue weighted by molar-refractivity contribution is 6.30. The van der Waals surface area contributed by atoms with Gasteiger partial charge in [-0.3, -0.25) is 14.2 Å². The third-order valence-electron chi connectivity index (χ3n) is 4.33. The number of hydrogen-bond acceptors (Lipinski definition) is 4. The molecule has 0 saturated carbocycles. The number of rotatable bonds is 7. The molecule has 3 rings (SSSR count). The molecule has 3 aromatic rings. The molecule has 0 bridgehead atoms. The molecule has 7 heteroatoms. The molecule has 1 aromatic carbocycles. The minimum Gasteiger partial charge on any atom is -0.496 e. The van der Waals surface area contributed by atoms with Gasteiger partial charge in [-0.2, -0.15) is 10.2 Å². The van der Waals surface area contributed by atoms with E-state index in [1.165, 1.54) is 0 Å². The van der Waals surface area contributed by atoms with Crippen molar-refractivity contribution in [1.29, 1.82) is 0 Å². The van der Waals surface area contributed by atoms with Gasteiger partial charge in [-0.15, -0.1) is 0 Å². The number of hydrogen-bond donors (Lipinski definition) is 0. The molecule has 0 spiro atoms. The molecule has 0 aliphatic carbocycles. The van der Waals surface area contributed by atoms with Crippen molar-refractivity contribution in [2.75, 3.05) is 7.11 Å². The van der Waals surface area contributed by atoms with Crippen molar-refractivity contribution in [2.24, 2.45) is 0 Å². The van der Waals surface area contributed by atoms with Crippen molar-refractivity contribution in [1.82, 2.24) is 19.6 Å². The maximum Gasteiger partial charge on any atom is 0.189 e. The number of ketones is 1. The number of allylic oxidation sites excluding steroid dienone is 1. The Labute approximate surface area is 163 Å². The molecule has 27 heavy (non-hydrogen) atoms. The van der Waals surface area contributed by atoms with E-state index in [2.05, 4.69) is 10.2 Å². The van der Waals surface area contributed by atoms with Crippen LogP contribution in [0.25, 0.3) is 6.08 Å². The van der Waals surface area contributed by atoms with Gasteiger partial charge in [-0.05, 0) is 37.6 Å². The Kier molecular flexibility index (Phi) is 5.76. The molecule has 0 aliphatic rings. The molecular weight excluding hydrogens is 364 g/mol. The van der Waals surface area contributed by atoms with Crippen LogP contribution in [-0.2, 0) is 13.1 Å². The Balaban J connectivity index is 1.81. The predicted octanol–water partition coefficient (Wildman–Crippen LogP) is 4.01. The number of methoxy groups -OCH3 is 1. The van der Waals surface area contributed by atoms with E-state index in [1.54, 1.807) is 42.5 Å². The summed E-state index contributed by atoms with van der Waals surface area (Å²) < 4.78 is 8.97. The fourth-order valence-electron chi connectivity index (χ4n) is 2.89. The maximum absolute atomic E-state index is 12.5. The second-order valence-corrected chi connectivity index (χ2v) is 6.52. The van der Waals surface area contributed by atoms with E-state index in [4.69, 9.17) is 16.3 Å². The van der Waals surface area contributed by atoms with Gasteiger partial charge in [-0.1, -0.05) is 23.7 Å². The van der Waals surface area contributed by atoms with Gasteiger partial charge in [0.2, 0.25) is 0 Å². The zero-order valence-electron chi connectivity index (χ0n) is 15.5. The lowest BCUT2D eigenvalue weighted by Gasteiger charge is -2.09. The minimum absolute atomic E-state index is 0.0663. The van der Waals surface area contributed by atoms with Crippen LogP contribution >= 0.6 is 11.6 Å². The lowest BCUT2D eigenvalue weighted by atomic mass is 10.1. The number of benzene rings is 1. The molecule has 0 amide bonds. The average Bonchev–Trinajstić information content (AvgIpc) is 3.25. The second-order valence-electron chi connectivity index (χ2n) is 6.08. The number of ether oxygens (including phenoxy) is 1. The second kappa shape index (κ2) is 8.22. The first-order chi connectivity index (χ1) is 13.0. The first-order valence-corrected chi connectivity index (χ1v) is 8.99. The van der Waals surface area contributed by atoms with Crippen molar-refractivity contribution in [3.05, 3.63) is 70.3 Å². The number of halogens is 1. The number of aryl methyl sites for hydroxylation is 1. The van der Waals surface area contributed by atoms with Crippen LogP contribution in [0.4, 0.5) is 0 Å². The van der Waals surface area contributed by atoms with Crippen molar-refractivity contribution >= 4 is 23.5 Å². The Bertz CT molecular complexity index is 988. The summed E-state index contributed by atoms with van der Waals surface area (Å²) in [6, 6.07) is 5.76. The Hall–Kier alpha value is -2.86. The highest BCUT2D eigenvalue weighted by Gasteiger charge is 2.11. The number of aromatic nitrogens is 4. The molecule has 6 nitrogen and oxygen atoms in total. The molecule has 0 atom stereocenters. The van der Waals surface area contributed by atoms with Gasteiger partial charge >= 0.3 is 0 Å². The highest BCUT2D eigenvalue weighted by atomic mass is 35.5. The van der Waals surface area contributed by atoms with Crippen LogP contribution < -0.4 is 4.74 Å². The van der Waals surface area contributed by atoms with Crippen molar-refractivity contribution < 1.29 is 9.53 Å². The molecule has 2 aromatic heterocycles. The van der Waals surface area contributed by atoms with E-state index in [0.717, 1.165) is 29.1 Å². The Morgan fingerprint density at radius 2 is 2.11 bits per heavy atom. The largest absolute Gasteiger partial charge is 0.496 e. The molecular formula is C20H21ClN4O2. The molecule has 0 fully saturated rings. The van der Waals surface area contributed by atoms with E-state index in [0.29, 0.717) is 17.1 Å². The van der Waals surface area contributed by atoms with E-state index >= 15 is 0 Å². The third kappa shape index (κ3) is 4.28. The summed E-state index contributed by atoms with van der Waals surface area (Å²) in [7, 11) is 1.63. The summed E-state index contributed by atoms with van der Waals surface area (Å²) in [6.45, 7) is 5.16. The molecule has 2 heterocycles. The van der Waals surface area contributed by atoms with Crippen molar-refractivity contribution in [3.8, 4) is 5.75 Å². The van der Waals surface area contributed by atoms with E-state index in [-0.39, 0.29) is 5.78 Å². The van der Waals surface area contributed by atoms with Crippen LogP contribution in [0.2, 0.25) is 5.02 Å². The van der Waals surface area contributed by atoms with Gasteiger partial charge in [0.25, 0.3) is 0 Å². The van der Waals surface area contributed by atoms with E-state index in [1.807, 2.05) is 36.7 Å². The molecule has 0 N–H and O–H groups in total. The molecule has 0 aliphatic heterocycles. The number of carbonyl (C=O) groups is 1. The van der Waals surface area contributed by atoms with Gasteiger partial charge in [-0.25, -0.2) is 0 Å². The normalized spacial score (nSPS) is 11.3. The van der Waals surface area contributed by atoms with Crippen molar-refractivity contribution in [3.63, 3.8) is 0 Å². The van der Waals surface area contributed by atoms with Gasteiger partial charge in [0.1, 0.15) is 5.75 Å². The smallest absolute Gasteiger partial charge is 0.189 e. The highest BCUT2D eigenvalue weighted by Crippen LogP contribution is 2.22. The van der Waals surface area contributed by atoms with Crippen LogP contribution in [0.15, 0.2) is 42.9 Å². The lowest BCUT2D eigenvalue weighted by Crippen LogP contribution is -2.03. The topological polar surface area (TPSA) is 61.9 Å². The first kappa shape index (κ1) is 18.9. The SMILES string of the molecule is CCn1ncc(C(=O)/C=C/c2ccc(OC)c(Cn3cc(Cl)cn3)c2)c1C. The lowest BCUT2D eigenvalue weighted by molar-refractivity contribution is 0.104. The quantitative estimate of drug-likeness (QED) is 0.456. The van der Waals surface area contributed by atoms with E-state index in [9.17, 15) is 4.79 Å². The standard InChI is InChI=1S/C20H21ClN4O2/c1-4-25-14(2)18(11-23-25)19(26)7-5-15-6-8-20(27-3)16(9-15)12-24-13-17(21)10-22-24/h5-11,13H,4,12H2,1-3H3/b7-5+. The Morgan fingerprint density at radius 1 is 1.30 bits per heavy atom. The average molecular weight is 385 g/mol. The molecule has 140 valence electrons. The van der Waals surface area contributed by atoms with Gasteiger partial charge in [0, 0.05) is 24.0 Å². The van der Waals surface area contributed by atoms with E-state index < -0.39 is 0 Å². The number of nitrogens with zero attached hydrogens (tertiary/aromatic N) is 4. The zero-order valence-corrected chi connectivity index (χ0v) is 16.3. The summed E-state index contributed by atoms with van der Waals surface area (Å²) >= 11 is 5.93. The zero-order chi connectivity index (χ0) is 19.4. The summed E-state index contributed by atoms with van der Waals surface area (Å²) in [5.41, 5.74) is 3.34. The van der Waals surface area contributed by atoms with Crippen LogP contribution in [0.5, 0.6) is 5.75 Å². The van der Waals surface area contributed by atoms with Crippen molar-refractivity contribution in [2.45, 2.75) is 26.9 Å². The fourth-order valence-corrected chi connectivity index (χ4v) is 3.05. The summed E-state index contributed by atoms with van der Waals surface area (Å²) in [4.78, 5) is 12.5. The minimum atomic E-state index is -0.0663. The fraction of sp³-hybridized carbons (Fsp3) is 0.250. The predicted molar refractivity (Wildman–Crippen MR) is 105 cm³/mol. The Morgan fingerprint density at radius 3 is 2.74 bits per heavy atom. The first-order valence-electron chi connectivity index (χ1n) is 8.61. The molecule has 0 saturated heterocycles. The monoisotopic (exact) mass is 384 g/mol. The maximum atomic E-state index is 12.5. The molecule has 0 radical (unpaired) electrons. The van der Waals surface area contributed by atoms with Gasteiger partial charge < -0.3 is 4.74 Å². The van der Waals surface area contributed by atoms with Crippen LogP contribution in [0, 0.1) is 6.92 Å². The third-order valence-corrected chi connectivity index (χ3v) is 4.53. The van der Waals surface area contributed by atoms with Crippen LogP contribution in [0.3, 0.4) is 0 Å².